The van der Waals surface area contributed by atoms with Gasteiger partial charge in [0.05, 0.1) is 6.20 Å². The van der Waals surface area contributed by atoms with E-state index in [2.05, 4.69) is 4.98 Å². The van der Waals surface area contributed by atoms with Gasteiger partial charge >= 0.3 is 0 Å². The zero-order chi connectivity index (χ0) is 9.90. The first-order chi connectivity index (χ1) is 6.01. The predicted octanol–water partition coefficient (Wildman–Crippen LogP) is 2.13. The minimum Gasteiger partial charge on any atom is -0.487 e. The molecule has 1 aromatic heterocycles. The highest BCUT2D eigenvalue weighted by Crippen LogP contribution is 2.16. The second-order valence-corrected chi connectivity index (χ2v) is 3.71. The fraction of sp³-hybridized carbons (Fsp3) is 0.400. The second kappa shape index (κ2) is 3.44. The van der Waals surface area contributed by atoms with E-state index in [-0.39, 0.29) is 5.60 Å². The van der Waals surface area contributed by atoms with Crippen molar-refractivity contribution in [2.75, 3.05) is 0 Å². The Kier molecular flexibility index (Phi) is 2.52. The minimum absolute atomic E-state index is 0.226. The topological polar surface area (TPSA) is 45.9 Å². The largest absolute Gasteiger partial charge is 0.487 e. The number of pyridine rings is 1. The zero-order valence-electron chi connectivity index (χ0n) is 8.03. The second-order valence-electron chi connectivity index (χ2n) is 3.71. The van der Waals surface area contributed by atoms with Crippen molar-refractivity contribution >= 4 is 0 Å². The maximum Gasteiger partial charge on any atom is 0.140 e. The van der Waals surface area contributed by atoms with Crippen molar-refractivity contribution in [3.63, 3.8) is 0 Å². The molecule has 0 aliphatic heterocycles. The fourth-order valence-corrected chi connectivity index (χ4v) is 0.860. The summed E-state index contributed by atoms with van der Waals surface area (Å²) in [4.78, 5) is 3.90. The van der Waals surface area contributed by atoms with Crippen LogP contribution in [-0.2, 0) is 0 Å². The van der Waals surface area contributed by atoms with Crippen molar-refractivity contribution in [1.29, 1.82) is 5.26 Å². The summed E-state index contributed by atoms with van der Waals surface area (Å²) in [6.45, 7) is 5.89. The highest BCUT2D eigenvalue weighted by molar-refractivity contribution is 5.26. The Balaban J connectivity index is 2.77. The van der Waals surface area contributed by atoms with Crippen molar-refractivity contribution in [3.8, 4) is 11.8 Å². The molecule has 0 radical (unpaired) electrons. The molecule has 0 aliphatic carbocycles. The maximum absolute atomic E-state index is 8.51. The van der Waals surface area contributed by atoms with Crippen LogP contribution < -0.4 is 4.74 Å². The SMILES string of the molecule is CC(C)(C)Oc1ccc(C#N)nc1. The molecule has 0 aliphatic rings. The normalized spacial score (nSPS) is 10.6. The number of hydrogen-bond donors (Lipinski definition) is 0. The fourth-order valence-electron chi connectivity index (χ4n) is 0.860. The third kappa shape index (κ3) is 3.12. The number of ether oxygens (including phenoxy) is 1. The van der Waals surface area contributed by atoms with Gasteiger partial charge in [-0.3, -0.25) is 0 Å². The van der Waals surface area contributed by atoms with Crippen LogP contribution in [0.25, 0.3) is 0 Å². The summed E-state index contributed by atoms with van der Waals surface area (Å²) in [5, 5.41) is 8.51. The van der Waals surface area contributed by atoms with Gasteiger partial charge in [0.25, 0.3) is 0 Å². The minimum atomic E-state index is -0.226. The van der Waals surface area contributed by atoms with Gasteiger partial charge < -0.3 is 4.74 Å². The average molecular weight is 176 g/mol. The third-order valence-electron chi connectivity index (χ3n) is 1.27. The molecule has 1 rings (SSSR count). The van der Waals surface area contributed by atoms with Crippen LogP contribution >= 0.6 is 0 Å². The number of rotatable bonds is 1. The first kappa shape index (κ1) is 9.53. The molecule has 0 spiro atoms. The van der Waals surface area contributed by atoms with Gasteiger partial charge in [-0.1, -0.05) is 0 Å². The lowest BCUT2D eigenvalue weighted by molar-refractivity contribution is 0.130. The molecule has 0 unspecified atom stereocenters. The third-order valence-corrected chi connectivity index (χ3v) is 1.27. The summed E-state index contributed by atoms with van der Waals surface area (Å²) in [6.07, 6.45) is 1.56. The summed E-state index contributed by atoms with van der Waals surface area (Å²) in [6, 6.07) is 5.34. The van der Waals surface area contributed by atoms with E-state index < -0.39 is 0 Å². The van der Waals surface area contributed by atoms with Crippen LogP contribution in [0, 0.1) is 11.3 Å². The van der Waals surface area contributed by atoms with Gasteiger partial charge in [0, 0.05) is 0 Å². The van der Waals surface area contributed by atoms with Gasteiger partial charge in [-0.25, -0.2) is 4.98 Å². The monoisotopic (exact) mass is 176 g/mol. The lowest BCUT2D eigenvalue weighted by atomic mass is 10.2. The van der Waals surface area contributed by atoms with E-state index in [1.807, 2.05) is 26.8 Å². The van der Waals surface area contributed by atoms with Crippen LogP contribution in [0.3, 0.4) is 0 Å². The molecule has 0 fully saturated rings. The molecule has 0 amide bonds. The van der Waals surface area contributed by atoms with E-state index in [4.69, 9.17) is 10.00 Å². The summed E-state index contributed by atoms with van der Waals surface area (Å²) in [5.41, 5.74) is 0.178. The Hall–Kier alpha value is -1.56. The van der Waals surface area contributed by atoms with Crippen molar-refractivity contribution in [3.05, 3.63) is 24.0 Å². The molecule has 0 bridgehead atoms. The van der Waals surface area contributed by atoms with E-state index in [0.29, 0.717) is 11.4 Å². The quantitative estimate of drug-likeness (QED) is 0.658. The summed E-state index contributed by atoms with van der Waals surface area (Å²) in [7, 11) is 0. The maximum atomic E-state index is 8.51. The molecule has 1 heterocycles. The van der Waals surface area contributed by atoms with E-state index in [0.717, 1.165) is 0 Å². The molecule has 3 heteroatoms. The van der Waals surface area contributed by atoms with Gasteiger partial charge in [-0.2, -0.15) is 5.26 Å². The molecule has 13 heavy (non-hydrogen) atoms. The number of aromatic nitrogens is 1. The van der Waals surface area contributed by atoms with Crippen LogP contribution in [0.2, 0.25) is 0 Å². The zero-order valence-corrected chi connectivity index (χ0v) is 8.03. The Bertz CT molecular complexity index is 316. The summed E-state index contributed by atoms with van der Waals surface area (Å²) >= 11 is 0. The van der Waals surface area contributed by atoms with Crippen LogP contribution in [-0.4, -0.2) is 10.6 Å². The molecule has 3 nitrogen and oxygen atoms in total. The van der Waals surface area contributed by atoms with Crippen molar-refractivity contribution < 1.29 is 4.74 Å². The van der Waals surface area contributed by atoms with Crippen molar-refractivity contribution in [2.24, 2.45) is 0 Å². The van der Waals surface area contributed by atoms with Crippen LogP contribution in [0.4, 0.5) is 0 Å². The van der Waals surface area contributed by atoms with Crippen molar-refractivity contribution in [2.45, 2.75) is 26.4 Å². The Labute approximate surface area is 78.0 Å². The molecule has 0 saturated carbocycles. The van der Waals surface area contributed by atoms with Gasteiger partial charge in [-0.15, -0.1) is 0 Å². The molecular weight excluding hydrogens is 164 g/mol. The Morgan fingerprint density at radius 2 is 2.08 bits per heavy atom. The first-order valence-corrected chi connectivity index (χ1v) is 4.06. The average Bonchev–Trinajstić information content (AvgIpc) is 2.03. The Morgan fingerprint density at radius 1 is 1.38 bits per heavy atom. The number of nitrogens with zero attached hydrogens (tertiary/aromatic N) is 2. The predicted molar refractivity (Wildman–Crippen MR) is 49.3 cm³/mol. The number of nitriles is 1. The standard InChI is InChI=1S/C10H12N2O/c1-10(2,3)13-9-5-4-8(6-11)12-7-9/h4-5,7H,1-3H3. The molecule has 1 aromatic rings. The lowest BCUT2D eigenvalue weighted by Crippen LogP contribution is -2.22. The highest BCUT2D eigenvalue weighted by atomic mass is 16.5. The smallest absolute Gasteiger partial charge is 0.140 e. The van der Waals surface area contributed by atoms with Gasteiger partial charge in [-0.05, 0) is 32.9 Å². The highest BCUT2D eigenvalue weighted by Gasteiger charge is 2.11. The van der Waals surface area contributed by atoms with Gasteiger partial charge in [0.2, 0.25) is 0 Å². The molecule has 68 valence electrons. The summed E-state index contributed by atoms with van der Waals surface area (Å²) in [5.74, 6) is 0.687. The van der Waals surface area contributed by atoms with Gasteiger partial charge in [0.1, 0.15) is 23.1 Å². The van der Waals surface area contributed by atoms with E-state index >= 15 is 0 Å². The van der Waals surface area contributed by atoms with Crippen LogP contribution in [0.1, 0.15) is 26.5 Å². The number of hydrogen-bond acceptors (Lipinski definition) is 3. The molecule has 0 atom stereocenters. The molecular formula is C10H12N2O. The van der Waals surface area contributed by atoms with E-state index in [1.54, 1.807) is 18.3 Å². The van der Waals surface area contributed by atoms with E-state index in [1.165, 1.54) is 0 Å². The molecule has 0 N–H and O–H groups in total. The van der Waals surface area contributed by atoms with Gasteiger partial charge in [0.15, 0.2) is 0 Å². The van der Waals surface area contributed by atoms with Crippen molar-refractivity contribution in [1.82, 2.24) is 4.98 Å². The molecule has 0 saturated heterocycles. The van der Waals surface area contributed by atoms with Crippen LogP contribution in [0.5, 0.6) is 5.75 Å². The van der Waals surface area contributed by atoms with Crippen LogP contribution in [0.15, 0.2) is 18.3 Å². The van der Waals surface area contributed by atoms with E-state index in [9.17, 15) is 0 Å². The molecule has 0 aromatic carbocycles. The summed E-state index contributed by atoms with van der Waals surface area (Å²) < 4.78 is 5.53. The lowest BCUT2D eigenvalue weighted by Gasteiger charge is -2.20. The first-order valence-electron chi connectivity index (χ1n) is 4.06. The Morgan fingerprint density at radius 3 is 2.46 bits per heavy atom.